The third-order valence-corrected chi connectivity index (χ3v) is 2.62. The third-order valence-electron chi connectivity index (χ3n) is 2.62. The number of urea groups is 2. The molecule has 4 amide bonds. The summed E-state index contributed by atoms with van der Waals surface area (Å²) in [5.74, 6) is -2.07. The van der Waals surface area contributed by atoms with Crippen LogP contribution in [0.3, 0.4) is 0 Å². The molecule has 0 bridgehead atoms. The van der Waals surface area contributed by atoms with Gasteiger partial charge in [-0.3, -0.25) is 9.59 Å². The summed E-state index contributed by atoms with van der Waals surface area (Å²) in [5, 5.41) is 21.4. The van der Waals surface area contributed by atoms with Crippen molar-refractivity contribution in [2.75, 3.05) is 13.1 Å². The smallest absolute Gasteiger partial charge is 0.320 e. The highest BCUT2D eigenvalue weighted by atomic mass is 16.4. The van der Waals surface area contributed by atoms with Crippen molar-refractivity contribution in [1.29, 1.82) is 0 Å². The molecule has 24 heavy (non-hydrogen) atoms. The van der Waals surface area contributed by atoms with Gasteiger partial charge in [-0.15, -0.1) is 0 Å². The Kier molecular flexibility index (Phi) is 13.8. The van der Waals surface area contributed by atoms with Gasteiger partial charge in [-0.05, 0) is 25.7 Å². The van der Waals surface area contributed by atoms with E-state index in [0.717, 1.165) is 0 Å². The first-order valence-corrected chi connectivity index (χ1v) is 7.11. The molecule has 0 aromatic heterocycles. The molecular formula is C12H26N6O6. The maximum atomic E-state index is 10.2. The lowest BCUT2D eigenvalue weighted by atomic mass is 10.2. The summed E-state index contributed by atoms with van der Waals surface area (Å²) >= 11 is 0. The molecule has 0 aromatic rings. The molecule has 0 aliphatic rings. The molecule has 0 aromatic carbocycles. The van der Waals surface area contributed by atoms with Gasteiger partial charge in [0.2, 0.25) is 0 Å². The highest BCUT2D eigenvalue weighted by molar-refractivity contribution is 5.73. The predicted octanol–water partition coefficient (Wildman–Crippen LogP) is -2.31. The Morgan fingerprint density at radius 1 is 0.750 bits per heavy atom. The summed E-state index contributed by atoms with van der Waals surface area (Å²) in [5.41, 5.74) is 19.9. The molecule has 12 heteroatoms. The summed E-state index contributed by atoms with van der Waals surface area (Å²) in [6.45, 7) is 0.715. The van der Waals surface area contributed by atoms with Gasteiger partial charge in [-0.25, -0.2) is 9.59 Å². The molecule has 0 heterocycles. The molecule has 0 saturated heterocycles. The number of hydrogen-bond donors (Lipinski definition) is 8. The molecule has 0 saturated carbocycles. The van der Waals surface area contributed by atoms with Crippen molar-refractivity contribution in [3.8, 4) is 0 Å². The van der Waals surface area contributed by atoms with E-state index in [1.807, 2.05) is 0 Å². The molecule has 0 radical (unpaired) electrons. The van der Waals surface area contributed by atoms with E-state index in [2.05, 4.69) is 10.6 Å². The highest BCUT2D eigenvalue weighted by Crippen LogP contribution is 1.93. The van der Waals surface area contributed by atoms with Crippen LogP contribution in [0.1, 0.15) is 25.7 Å². The standard InChI is InChI=1S/2C6H13N3O3/c2*7-4(5(10)11)2-1-3-9-6(8)12/h2*4H,1-3,7H2,(H,10,11)(H3,8,9,12)/t4-;/m0./s1. The SMILES string of the molecule is NC(=O)NCCCC(N)C(=O)O.NC(=O)NCCC[C@H](N)C(=O)O. The fourth-order valence-corrected chi connectivity index (χ4v) is 1.31. The number of nitrogens with two attached hydrogens (primary N) is 4. The average Bonchev–Trinajstić information content (AvgIpc) is 2.47. The van der Waals surface area contributed by atoms with E-state index < -0.39 is 36.1 Å². The number of carboxylic acids is 2. The lowest BCUT2D eigenvalue weighted by Crippen LogP contribution is -2.33. The molecule has 0 aliphatic carbocycles. The number of nitrogens with one attached hydrogen (secondary N) is 2. The van der Waals surface area contributed by atoms with Crippen LogP contribution >= 0.6 is 0 Å². The first-order valence-electron chi connectivity index (χ1n) is 7.11. The monoisotopic (exact) mass is 350 g/mol. The summed E-state index contributed by atoms with van der Waals surface area (Å²) in [4.78, 5) is 40.7. The van der Waals surface area contributed by atoms with Gasteiger partial charge in [0.15, 0.2) is 0 Å². The average molecular weight is 350 g/mol. The van der Waals surface area contributed by atoms with Crippen molar-refractivity contribution >= 4 is 24.0 Å². The summed E-state index contributed by atoms with van der Waals surface area (Å²) < 4.78 is 0. The molecule has 140 valence electrons. The number of carbonyl (C=O) groups excluding carboxylic acids is 2. The van der Waals surface area contributed by atoms with Crippen LogP contribution in [0.4, 0.5) is 9.59 Å². The van der Waals surface area contributed by atoms with Gasteiger partial charge in [0.25, 0.3) is 0 Å². The first-order chi connectivity index (χ1) is 11.1. The van der Waals surface area contributed by atoms with Crippen LogP contribution in [0, 0.1) is 0 Å². The molecule has 0 spiro atoms. The Morgan fingerprint density at radius 3 is 1.25 bits per heavy atom. The number of carbonyl (C=O) groups is 4. The molecule has 0 fully saturated rings. The lowest BCUT2D eigenvalue weighted by molar-refractivity contribution is -0.139. The van der Waals surface area contributed by atoms with E-state index in [0.29, 0.717) is 38.8 Å². The van der Waals surface area contributed by atoms with E-state index >= 15 is 0 Å². The van der Waals surface area contributed by atoms with Crippen molar-refractivity contribution in [3.05, 3.63) is 0 Å². The second kappa shape index (κ2) is 14.0. The van der Waals surface area contributed by atoms with Crippen molar-refractivity contribution in [1.82, 2.24) is 10.6 Å². The van der Waals surface area contributed by atoms with Gasteiger partial charge in [-0.1, -0.05) is 0 Å². The van der Waals surface area contributed by atoms with Crippen LogP contribution in [-0.2, 0) is 9.59 Å². The maximum Gasteiger partial charge on any atom is 0.320 e. The van der Waals surface area contributed by atoms with Crippen molar-refractivity contribution in [2.45, 2.75) is 37.8 Å². The number of aliphatic carboxylic acids is 2. The van der Waals surface area contributed by atoms with E-state index in [1.165, 1.54) is 0 Å². The van der Waals surface area contributed by atoms with Gasteiger partial charge in [0.05, 0.1) is 0 Å². The summed E-state index contributed by atoms with van der Waals surface area (Å²) in [6, 6.07) is -2.95. The van der Waals surface area contributed by atoms with Gasteiger partial charge in [0.1, 0.15) is 12.1 Å². The van der Waals surface area contributed by atoms with E-state index in [9.17, 15) is 19.2 Å². The van der Waals surface area contributed by atoms with Gasteiger partial charge in [0, 0.05) is 13.1 Å². The van der Waals surface area contributed by atoms with Crippen molar-refractivity contribution in [2.24, 2.45) is 22.9 Å². The van der Waals surface area contributed by atoms with Crippen LogP contribution in [0.2, 0.25) is 0 Å². The molecule has 12 N–H and O–H groups in total. The second-order valence-electron chi connectivity index (χ2n) is 4.76. The zero-order valence-corrected chi connectivity index (χ0v) is 13.2. The Labute approximate surface area is 138 Å². The summed E-state index contributed by atoms with van der Waals surface area (Å²) in [6.07, 6.45) is 1.68. The van der Waals surface area contributed by atoms with Crippen LogP contribution in [0.5, 0.6) is 0 Å². The number of primary amides is 2. The Morgan fingerprint density at radius 2 is 1.04 bits per heavy atom. The van der Waals surface area contributed by atoms with E-state index in [-0.39, 0.29) is 0 Å². The van der Waals surface area contributed by atoms with Crippen LogP contribution in [-0.4, -0.2) is 59.4 Å². The minimum atomic E-state index is -1.03. The minimum Gasteiger partial charge on any atom is -0.480 e. The molecule has 1 unspecified atom stereocenters. The van der Waals surface area contributed by atoms with E-state index in [4.69, 9.17) is 33.1 Å². The van der Waals surface area contributed by atoms with Gasteiger partial charge >= 0.3 is 24.0 Å². The largest absolute Gasteiger partial charge is 0.480 e. The van der Waals surface area contributed by atoms with Gasteiger partial charge < -0.3 is 43.8 Å². The minimum absolute atomic E-state index is 0.329. The fraction of sp³-hybridized carbons (Fsp3) is 0.667. The highest BCUT2D eigenvalue weighted by Gasteiger charge is 2.10. The van der Waals surface area contributed by atoms with Crippen LogP contribution < -0.4 is 33.6 Å². The predicted molar refractivity (Wildman–Crippen MR) is 84.9 cm³/mol. The topological polar surface area (TPSA) is 237 Å². The number of carboxylic acid groups (broad SMARTS) is 2. The lowest BCUT2D eigenvalue weighted by Gasteiger charge is -2.05. The second-order valence-corrected chi connectivity index (χ2v) is 4.76. The normalized spacial score (nSPS) is 12.1. The Bertz CT molecular complexity index is 381. The molecule has 12 nitrogen and oxygen atoms in total. The Hall–Kier alpha value is -2.60. The zero-order valence-electron chi connectivity index (χ0n) is 13.2. The number of rotatable bonds is 10. The summed E-state index contributed by atoms with van der Waals surface area (Å²) in [7, 11) is 0. The van der Waals surface area contributed by atoms with Crippen LogP contribution in [0.15, 0.2) is 0 Å². The maximum absolute atomic E-state index is 10.2. The molecule has 0 aliphatic heterocycles. The third kappa shape index (κ3) is 17.5. The molecule has 2 atom stereocenters. The number of amides is 4. The fourth-order valence-electron chi connectivity index (χ4n) is 1.31. The van der Waals surface area contributed by atoms with E-state index in [1.54, 1.807) is 0 Å². The first kappa shape index (κ1) is 23.7. The molecular weight excluding hydrogens is 324 g/mol. The van der Waals surface area contributed by atoms with Crippen molar-refractivity contribution in [3.63, 3.8) is 0 Å². The zero-order chi connectivity index (χ0) is 19.1. The van der Waals surface area contributed by atoms with Gasteiger partial charge in [-0.2, -0.15) is 0 Å². The van der Waals surface area contributed by atoms with Crippen LogP contribution in [0.25, 0.3) is 0 Å². The molecule has 0 rings (SSSR count). The Balaban J connectivity index is 0. The quantitative estimate of drug-likeness (QED) is 0.199. The van der Waals surface area contributed by atoms with Crippen molar-refractivity contribution < 1.29 is 29.4 Å². The number of hydrogen-bond acceptors (Lipinski definition) is 6.